The van der Waals surface area contributed by atoms with Crippen molar-refractivity contribution in [1.82, 2.24) is 0 Å². The first-order valence-electron chi connectivity index (χ1n) is 2.79. The first kappa shape index (κ1) is 5.99. The van der Waals surface area contributed by atoms with Crippen LogP contribution < -0.4 is 0 Å². The average Bonchev–Trinajstić information content (AvgIpc) is 1.60. The third-order valence-electron chi connectivity index (χ3n) is 1.81. The topological polar surface area (TPSA) is 0 Å². The van der Waals surface area contributed by atoms with Crippen LogP contribution in [0.15, 0.2) is 0 Å². The quantitative estimate of drug-likeness (QED) is 0.496. The van der Waals surface area contributed by atoms with Gasteiger partial charge in [0.05, 0.1) is 0 Å². The number of halogens is 2. The van der Waals surface area contributed by atoms with E-state index in [2.05, 4.69) is 6.92 Å². The largest absolute Gasteiger partial charge is 0.244 e. The first-order valence-corrected chi connectivity index (χ1v) is 2.79. The monoisotopic (exact) mass is 119 g/mol. The average molecular weight is 119 g/mol. The second kappa shape index (κ2) is 1.67. The molecule has 2 heteroatoms. The molecular weight excluding hydrogens is 110 g/mol. The van der Waals surface area contributed by atoms with E-state index in [1.807, 2.05) is 0 Å². The molecule has 1 saturated carbocycles. The Morgan fingerprint density at radius 3 is 1.88 bits per heavy atom. The van der Waals surface area contributed by atoms with Crippen LogP contribution in [0.1, 0.15) is 19.3 Å². The third-order valence-corrected chi connectivity index (χ3v) is 1.81. The van der Waals surface area contributed by atoms with Crippen LogP contribution in [0.25, 0.3) is 0 Å². The number of hydrogen-bond donors (Lipinski definition) is 0. The molecule has 0 aromatic carbocycles. The lowest BCUT2D eigenvalue weighted by Crippen LogP contribution is -2.33. The van der Waals surface area contributed by atoms with Crippen LogP contribution in [0, 0.1) is 12.3 Å². The second-order valence-corrected chi connectivity index (χ2v) is 2.52. The molecule has 0 aromatic heterocycles. The van der Waals surface area contributed by atoms with Crippen molar-refractivity contribution in [2.75, 3.05) is 0 Å². The van der Waals surface area contributed by atoms with Gasteiger partial charge in [-0.25, -0.2) is 8.78 Å². The molecular formula is C6H9F2. The fourth-order valence-corrected chi connectivity index (χ4v) is 0.849. The molecule has 0 unspecified atom stereocenters. The predicted octanol–water partition coefficient (Wildman–Crippen LogP) is 2.26. The van der Waals surface area contributed by atoms with Crippen molar-refractivity contribution < 1.29 is 8.78 Å². The van der Waals surface area contributed by atoms with E-state index in [1.165, 1.54) is 0 Å². The zero-order valence-corrected chi connectivity index (χ0v) is 4.66. The van der Waals surface area contributed by atoms with E-state index in [0.717, 1.165) is 6.42 Å². The van der Waals surface area contributed by atoms with Gasteiger partial charge in [0.25, 0.3) is 0 Å². The summed E-state index contributed by atoms with van der Waals surface area (Å²) < 4.78 is 23.6. The first-order chi connectivity index (χ1) is 3.65. The molecule has 47 valence electrons. The summed E-state index contributed by atoms with van der Waals surface area (Å²) in [6.07, 6.45) is -0.0837. The van der Waals surface area contributed by atoms with E-state index in [4.69, 9.17) is 0 Å². The summed E-state index contributed by atoms with van der Waals surface area (Å²) in [7, 11) is 0. The van der Waals surface area contributed by atoms with Crippen molar-refractivity contribution in [3.05, 3.63) is 6.92 Å². The van der Waals surface area contributed by atoms with Crippen molar-refractivity contribution in [1.29, 1.82) is 0 Å². The molecule has 0 aliphatic heterocycles. The van der Waals surface area contributed by atoms with Crippen LogP contribution in [0.5, 0.6) is 0 Å². The van der Waals surface area contributed by atoms with Gasteiger partial charge >= 0.3 is 0 Å². The SMILES string of the molecule is [CH2]C1(C(F)F)CCC1. The molecule has 1 fully saturated rings. The van der Waals surface area contributed by atoms with Crippen LogP contribution in [-0.2, 0) is 0 Å². The molecule has 0 saturated heterocycles. The fraction of sp³-hybridized carbons (Fsp3) is 0.833. The van der Waals surface area contributed by atoms with E-state index >= 15 is 0 Å². The molecule has 1 aliphatic rings. The molecule has 0 N–H and O–H groups in total. The van der Waals surface area contributed by atoms with Gasteiger partial charge in [0.2, 0.25) is 6.43 Å². The Kier molecular flexibility index (Phi) is 1.25. The Morgan fingerprint density at radius 1 is 1.38 bits per heavy atom. The molecule has 8 heavy (non-hydrogen) atoms. The summed E-state index contributed by atoms with van der Waals surface area (Å²) in [4.78, 5) is 0. The van der Waals surface area contributed by atoms with E-state index in [0.29, 0.717) is 12.8 Å². The van der Waals surface area contributed by atoms with Gasteiger partial charge < -0.3 is 0 Å². The lowest BCUT2D eigenvalue weighted by Gasteiger charge is -2.36. The molecule has 0 heterocycles. The summed E-state index contributed by atoms with van der Waals surface area (Å²) in [5, 5.41) is 0. The van der Waals surface area contributed by atoms with Gasteiger partial charge in [-0.15, -0.1) is 0 Å². The molecule has 0 nitrogen and oxygen atoms in total. The van der Waals surface area contributed by atoms with Gasteiger partial charge in [-0.2, -0.15) is 0 Å². The zero-order valence-electron chi connectivity index (χ0n) is 4.66. The van der Waals surface area contributed by atoms with Gasteiger partial charge in [-0.1, -0.05) is 6.42 Å². The van der Waals surface area contributed by atoms with Gasteiger partial charge in [-0.3, -0.25) is 0 Å². The van der Waals surface area contributed by atoms with E-state index in [1.54, 1.807) is 0 Å². The van der Waals surface area contributed by atoms with E-state index < -0.39 is 11.8 Å². The van der Waals surface area contributed by atoms with Crippen LogP contribution in [0.2, 0.25) is 0 Å². The smallest absolute Gasteiger partial charge is 0.210 e. The van der Waals surface area contributed by atoms with Crippen molar-refractivity contribution in [2.45, 2.75) is 25.7 Å². The lowest BCUT2D eigenvalue weighted by atomic mass is 9.71. The number of hydrogen-bond acceptors (Lipinski definition) is 0. The van der Waals surface area contributed by atoms with Gasteiger partial charge in [0.1, 0.15) is 0 Å². The standard InChI is InChI=1S/C6H9F2/c1-6(5(7)8)3-2-4-6/h5H,1-4H2. The molecule has 0 atom stereocenters. The maximum Gasteiger partial charge on any atom is 0.244 e. The van der Waals surface area contributed by atoms with Crippen LogP contribution in [0.4, 0.5) is 8.78 Å². The minimum absolute atomic E-state index is 0.602. The predicted molar refractivity (Wildman–Crippen MR) is 27.6 cm³/mol. The van der Waals surface area contributed by atoms with E-state index in [9.17, 15) is 8.78 Å². The molecule has 0 aromatic rings. The van der Waals surface area contributed by atoms with E-state index in [-0.39, 0.29) is 0 Å². The van der Waals surface area contributed by atoms with Crippen LogP contribution in [-0.4, -0.2) is 6.43 Å². The zero-order chi connectivity index (χ0) is 6.20. The Balaban J connectivity index is 2.41. The summed E-state index contributed by atoms with van der Waals surface area (Å²) in [6.45, 7) is 3.42. The minimum Gasteiger partial charge on any atom is -0.210 e. The molecule has 1 aliphatic carbocycles. The second-order valence-electron chi connectivity index (χ2n) is 2.52. The third kappa shape index (κ3) is 0.721. The normalized spacial score (nSPS) is 25.5. The molecule has 1 rings (SSSR count). The molecule has 0 bridgehead atoms. The maximum atomic E-state index is 11.8. The van der Waals surface area contributed by atoms with Crippen molar-refractivity contribution in [3.63, 3.8) is 0 Å². The summed E-state index contributed by atoms with van der Waals surface area (Å²) in [5.74, 6) is 0. The van der Waals surface area contributed by atoms with Crippen molar-refractivity contribution in [2.24, 2.45) is 5.41 Å². The highest BCUT2D eigenvalue weighted by molar-refractivity contribution is 4.91. The highest BCUT2D eigenvalue weighted by Gasteiger charge is 2.40. The van der Waals surface area contributed by atoms with Gasteiger partial charge in [0.15, 0.2) is 0 Å². The van der Waals surface area contributed by atoms with Gasteiger partial charge in [-0.05, 0) is 19.8 Å². The van der Waals surface area contributed by atoms with Crippen LogP contribution >= 0.6 is 0 Å². The maximum absolute atomic E-state index is 11.8. The highest BCUT2D eigenvalue weighted by atomic mass is 19.3. The number of alkyl halides is 2. The Labute approximate surface area is 47.9 Å². The summed E-state index contributed by atoms with van der Waals surface area (Å²) in [6, 6.07) is 0. The Morgan fingerprint density at radius 2 is 1.88 bits per heavy atom. The Hall–Kier alpha value is -0.140. The molecule has 0 spiro atoms. The fourth-order valence-electron chi connectivity index (χ4n) is 0.849. The van der Waals surface area contributed by atoms with Gasteiger partial charge in [0, 0.05) is 5.41 Å². The number of rotatable bonds is 1. The lowest BCUT2D eigenvalue weighted by molar-refractivity contribution is -0.0257. The minimum atomic E-state index is -2.21. The van der Waals surface area contributed by atoms with Crippen molar-refractivity contribution >= 4 is 0 Å². The molecule has 0 amide bonds. The Bertz CT molecular complexity index is 84.5. The van der Waals surface area contributed by atoms with Crippen molar-refractivity contribution in [3.8, 4) is 0 Å². The van der Waals surface area contributed by atoms with Crippen LogP contribution in [0.3, 0.4) is 0 Å². The summed E-state index contributed by atoms with van der Waals surface area (Å²) in [5.41, 5.74) is -0.861. The highest BCUT2D eigenvalue weighted by Crippen LogP contribution is 2.44. The molecule has 1 radical (unpaired) electrons. The summed E-state index contributed by atoms with van der Waals surface area (Å²) >= 11 is 0.